The lowest BCUT2D eigenvalue weighted by molar-refractivity contribution is 0.414. The lowest BCUT2D eigenvalue weighted by Crippen LogP contribution is -2.20. The molecule has 4 rings (SSSR count). The Bertz CT molecular complexity index is 1270. The Morgan fingerprint density at radius 2 is 1.69 bits per heavy atom. The van der Waals surface area contributed by atoms with E-state index in [0.717, 1.165) is 23.3 Å². The third-order valence-corrected chi connectivity index (χ3v) is 5.31. The van der Waals surface area contributed by atoms with Gasteiger partial charge in [0.25, 0.3) is 5.56 Å². The second-order valence-corrected chi connectivity index (χ2v) is 7.41. The number of H-pyrrole nitrogens is 1. The summed E-state index contributed by atoms with van der Waals surface area (Å²) >= 11 is 0. The number of aromatic amines is 1. The maximum absolute atomic E-state index is 13.4. The molecule has 0 fully saturated rings. The molecule has 5 nitrogen and oxygen atoms in total. The quantitative estimate of drug-likeness (QED) is 0.419. The minimum atomic E-state index is -0.354. The van der Waals surface area contributed by atoms with Gasteiger partial charge in [-0.15, -0.1) is 0 Å². The Morgan fingerprint density at radius 3 is 2.34 bits per heavy atom. The summed E-state index contributed by atoms with van der Waals surface area (Å²) in [4.78, 5) is 18.0. The van der Waals surface area contributed by atoms with Gasteiger partial charge < -0.3 is 4.74 Å². The minimum Gasteiger partial charge on any atom is -0.497 e. The third kappa shape index (κ3) is 4.54. The van der Waals surface area contributed by atoms with Gasteiger partial charge in [-0.05, 0) is 55.3 Å². The summed E-state index contributed by atoms with van der Waals surface area (Å²) in [5.41, 5.74) is 4.21. The molecule has 0 saturated heterocycles. The zero-order valence-electron chi connectivity index (χ0n) is 18.0. The fraction of sp³-hybridized carbons (Fsp3) is 0.154. The molecule has 0 saturated carbocycles. The zero-order valence-corrected chi connectivity index (χ0v) is 18.0. The van der Waals surface area contributed by atoms with Crippen molar-refractivity contribution in [3.8, 4) is 22.7 Å². The largest absolute Gasteiger partial charge is 0.497 e. The predicted octanol–water partition coefficient (Wildman–Crippen LogP) is 5.03. The molecule has 0 bridgehead atoms. The number of hydrogen-bond donors (Lipinski definition) is 1. The number of rotatable bonds is 7. The van der Waals surface area contributed by atoms with Gasteiger partial charge >= 0.3 is 0 Å². The molecular weight excluding hydrogens is 405 g/mol. The first kappa shape index (κ1) is 21.3. The van der Waals surface area contributed by atoms with Crippen LogP contribution in [-0.4, -0.2) is 29.1 Å². The lowest BCUT2D eigenvalue weighted by atomic mass is 10.1. The lowest BCUT2D eigenvalue weighted by Gasteiger charge is -2.04. The minimum absolute atomic E-state index is 0.221. The van der Waals surface area contributed by atoms with E-state index < -0.39 is 0 Å². The first-order valence-corrected chi connectivity index (χ1v) is 10.4. The van der Waals surface area contributed by atoms with Crippen molar-refractivity contribution < 1.29 is 9.13 Å². The van der Waals surface area contributed by atoms with Crippen LogP contribution in [0.4, 0.5) is 4.39 Å². The number of aliphatic imine (C=N–C) groups is 1. The molecule has 162 valence electrons. The average Bonchev–Trinajstić information content (AvgIpc) is 3.17. The van der Waals surface area contributed by atoms with Gasteiger partial charge in [0.2, 0.25) is 0 Å². The molecule has 0 unspecified atom stereocenters. The molecule has 0 spiro atoms. The monoisotopic (exact) mass is 429 g/mol. The highest BCUT2D eigenvalue weighted by molar-refractivity contribution is 6.03. The smallest absolute Gasteiger partial charge is 0.280 e. The Labute approximate surface area is 185 Å². The van der Waals surface area contributed by atoms with E-state index in [-0.39, 0.29) is 11.4 Å². The van der Waals surface area contributed by atoms with Gasteiger partial charge in [-0.1, -0.05) is 42.5 Å². The second-order valence-electron chi connectivity index (χ2n) is 7.41. The standard InChI is InChI=1S/C26H24FN3O2/c1-18(28-17-16-19-8-14-23(32-2)15-9-19)24-25(20-6-4-3-5-7-20)29-30(26(24)31)22-12-10-21(27)11-13-22/h3-15,29H,16-17H2,1-2H3. The van der Waals surface area contributed by atoms with Crippen molar-refractivity contribution >= 4 is 5.71 Å². The summed E-state index contributed by atoms with van der Waals surface area (Å²) in [6.07, 6.45) is 0.749. The molecule has 0 aliphatic rings. The Balaban J connectivity index is 1.68. The molecule has 1 heterocycles. The van der Waals surface area contributed by atoms with Crippen LogP contribution in [0.15, 0.2) is 88.6 Å². The van der Waals surface area contributed by atoms with Gasteiger partial charge in [0.1, 0.15) is 11.6 Å². The van der Waals surface area contributed by atoms with Crippen LogP contribution in [0.25, 0.3) is 16.9 Å². The molecular formula is C26H24FN3O2. The van der Waals surface area contributed by atoms with Crippen molar-refractivity contribution in [2.75, 3.05) is 13.7 Å². The van der Waals surface area contributed by atoms with E-state index in [1.165, 1.54) is 16.8 Å². The van der Waals surface area contributed by atoms with Crippen LogP contribution in [0.3, 0.4) is 0 Å². The fourth-order valence-electron chi connectivity index (χ4n) is 3.58. The van der Waals surface area contributed by atoms with Crippen molar-refractivity contribution in [1.29, 1.82) is 0 Å². The number of nitrogens with one attached hydrogen (secondary N) is 1. The van der Waals surface area contributed by atoms with Crippen molar-refractivity contribution in [3.05, 3.63) is 106 Å². The van der Waals surface area contributed by atoms with Crippen LogP contribution >= 0.6 is 0 Å². The first-order valence-electron chi connectivity index (χ1n) is 10.4. The highest BCUT2D eigenvalue weighted by atomic mass is 19.1. The predicted molar refractivity (Wildman–Crippen MR) is 126 cm³/mol. The SMILES string of the molecule is COc1ccc(CCN=C(C)c2c(-c3ccccc3)[nH]n(-c3ccc(F)cc3)c2=O)cc1. The van der Waals surface area contributed by atoms with Gasteiger partial charge in [0, 0.05) is 17.8 Å². The fourth-order valence-corrected chi connectivity index (χ4v) is 3.58. The van der Waals surface area contributed by atoms with E-state index in [2.05, 4.69) is 5.10 Å². The molecule has 0 atom stereocenters. The Kier molecular flexibility index (Phi) is 6.31. The molecule has 32 heavy (non-hydrogen) atoms. The maximum atomic E-state index is 13.4. The molecule has 1 aromatic heterocycles. The number of nitrogens with zero attached hydrogens (tertiary/aromatic N) is 2. The Morgan fingerprint density at radius 1 is 1.00 bits per heavy atom. The van der Waals surface area contributed by atoms with Crippen LogP contribution in [-0.2, 0) is 6.42 Å². The van der Waals surface area contributed by atoms with E-state index in [0.29, 0.717) is 29.2 Å². The van der Waals surface area contributed by atoms with Gasteiger partial charge in [-0.3, -0.25) is 14.9 Å². The number of benzene rings is 3. The van der Waals surface area contributed by atoms with Crippen LogP contribution in [0, 0.1) is 5.82 Å². The topological polar surface area (TPSA) is 59.4 Å². The summed E-state index contributed by atoms with van der Waals surface area (Å²) in [5.74, 6) is 0.461. The summed E-state index contributed by atoms with van der Waals surface area (Å²) in [5, 5.41) is 3.19. The Hall–Kier alpha value is -3.93. The van der Waals surface area contributed by atoms with Gasteiger partial charge in [-0.25, -0.2) is 9.07 Å². The molecule has 0 aliphatic carbocycles. The maximum Gasteiger partial charge on any atom is 0.280 e. The number of hydrogen-bond acceptors (Lipinski definition) is 3. The number of halogens is 1. The second kappa shape index (κ2) is 9.47. The van der Waals surface area contributed by atoms with E-state index in [1.807, 2.05) is 61.5 Å². The van der Waals surface area contributed by atoms with Crippen molar-refractivity contribution in [1.82, 2.24) is 9.78 Å². The van der Waals surface area contributed by atoms with E-state index in [4.69, 9.17) is 9.73 Å². The summed E-state index contributed by atoms with van der Waals surface area (Å²) in [7, 11) is 1.64. The molecule has 0 radical (unpaired) electrons. The van der Waals surface area contributed by atoms with Gasteiger partial charge in [0.05, 0.1) is 24.1 Å². The number of ether oxygens (including phenoxy) is 1. The normalized spacial score (nSPS) is 11.5. The molecule has 0 amide bonds. The molecule has 1 N–H and O–H groups in total. The number of methoxy groups -OCH3 is 1. The summed E-state index contributed by atoms with van der Waals surface area (Å²) in [6.45, 7) is 2.40. The number of aromatic nitrogens is 2. The highest BCUT2D eigenvalue weighted by Gasteiger charge is 2.19. The van der Waals surface area contributed by atoms with Crippen LogP contribution < -0.4 is 10.3 Å². The average molecular weight is 429 g/mol. The first-order chi connectivity index (χ1) is 15.6. The molecule has 4 aromatic rings. The molecule has 6 heteroatoms. The molecule has 0 aliphatic heterocycles. The van der Waals surface area contributed by atoms with Crippen molar-refractivity contribution in [2.24, 2.45) is 4.99 Å². The summed E-state index contributed by atoms with van der Waals surface area (Å²) < 4.78 is 20.0. The van der Waals surface area contributed by atoms with E-state index in [1.54, 1.807) is 19.2 Å². The molecule has 3 aromatic carbocycles. The van der Waals surface area contributed by atoms with Gasteiger partial charge in [-0.2, -0.15) is 0 Å². The van der Waals surface area contributed by atoms with Crippen LogP contribution in [0.2, 0.25) is 0 Å². The van der Waals surface area contributed by atoms with E-state index >= 15 is 0 Å². The zero-order chi connectivity index (χ0) is 22.5. The highest BCUT2D eigenvalue weighted by Crippen LogP contribution is 2.21. The van der Waals surface area contributed by atoms with Crippen molar-refractivity contribution in [2.45, 2.75) is 13.3 Å². The van der Waals surface area contributed by atoms with Crippen LogP contribution in [0.5, 0.6) is 5.75 Å². The van der Waals surface area contributed by atoms with E-state index in [9.17, 15) is 9.18 Å². The van der Waals surface area contributed by atoms with Gasteiger partial charge in [0.15, 0.2) is 0 Å². The van der Waals surface area contributed by atoms with Crippen LogP contribution in [0.1, 0.15) is 18.1 Å². The van der Waals surface area contributed by atoms with Crippen molar-refractivity contribution in [3.63, 3.8) is 0 Å². The third-order valence-electron chi connectivity index (χ3n) is 5.31. The summed E-state index contributed by atoms with van der Waals surface area (Å²) in [6, 6.07) is 23.3.